The fourth-order valence-corrected chi connectivity index (χ4v) is 1.66. The highest BCUT2D eigenvalue weighted by atomic mass is 14.9. The topological polar surface area (TPSA) is 12.0 Å². The summed E-state index contributed by atoms with van der Waals surface area (Å²) in [7, 11) is 0. The lowest BCUT2D eigenvalue weighted by atomic mass is 9.83. The Morgan fingerprint density at radius 2 is 1.72 bits per heavy atom. The molecule has 0 aliphatic heterocycles. The fraction of sp³-hybridized carbons (Fsp3) is 0.412. The molecule has 0 saturated heterocycles. The molecule has 1 rings (SSSR count). The van der Waals surface area contributed by atoms with Crippen LogP contribution in [0.15, 0.2) is 48.7 Å². The summed E-state index contributed by atoms with van der Waals surface area (Å²) in [6.45, 7) is 16.8. The van der Waals surface area contributed by atoms with Gasteiger partial charge in [0.1, 0.15) is 0 Å². The van der Waals surface area contributed by atoms with E-state index < -0.39 is 0 Å². The first kappa shape index (κ1) is 14.6. The second kappa shape index (κ2) is 5.90. The van der Waals surface area contributed by atoms with E-state index in [-0.39, 0.29) is 5.41 Å². The Balaban J connectivity index is 2.63. The van der Waals surface area contributed by atoms with Crippen molar-refractivity contribution in [2.24, 2.45) is 5.41 Å². The third kappa shape index (κ3) is 4.40. The van der Waals surface area contributed by atoms with Crippen molar-refractivity contribution in [3.63, 3.8) is 0 Å². The predicted molar refractivity (Wildman–Crippen MR) is 81.8 cm³/mol. The number of benzene rings is 1. The molecule has 0 aromatic heterocycles. The highest BCUT2D eigenvalue weighted by Gasteiger charge is 2.21. The smallest absolute Gasteiger partial charge is 0.0381 e. The lowest BCUT2D eigenvalue weighted by Gasteiger charge is -2.28. The van der Waals surface area contributed by atoms with Gasteiger partial charge in [0.2, 0.25) is 0 Å². The molecule has 0 radical (unpaired) electrons. The first-order valence-corrected chi connectivity index (χ1v) is 6.49. The van der Waals surface area contributed by atoms with Crippen LogP contribution in [0.4, 0.5) is 5.69 Å². The molecule has 1 aromatic rings. The van der Waals surface area contributed by atoms with Crippen molar-refractivity contribution in [1.29, 1.82) is 0 Å². The van der Waals surface area contributed by atoms with Gasteiger partial charge in [-0.25, -0.2) is 0 Å². The predicted octanol–water partition coefficient (Wildman–Crippen LogP) is 5.30. The van der Waals surface area contributed by atoms with Crippen LogP contribution in [0.3, 0.4) is 0 Å². The van der Waals surface area contributed by atoms with Crippen LogP contribution in [0.5, 0.6) is 0 Å². The summed E-state index contributed by atoms with van der Waals surface area (Å²) in [5.74, 6) is 0. The molecule has 0 unspecified atom stereocenters. The Labute approximate surface area is 112 Å². The first-order chi connectivity index (χ1) is 8.31. The lowest BCUT2D eigenvalue weighted by Crippen LogP contribution is -2.20. The van der Waals surface area contributed by atoms with Gasteiger partial charge in [-0.05, 0) is 38.8 Å². The fourth-order valence-electron chi connectivity index (χ4n) is 1.66. The summed E-state index contributed by atoms with van der Waals surface area (Å²) in [5, 5.41) is 3.41. The van der Waals surface area contributed by atoms with Gasteiger partial charge in [-0.15, -0.1) is 6.58 Å². The monoisotopic (exact) mass is 243 g/mol. The summed E-state index contributed by atoms with van der Waals surface area (Å²) < 4.78 is 0. The van der Waals surface area contributed by atoms with Crippen molar-refractivity contribution < 1.29 is 0 Å². The zero-order valence-corrected chi connectivity index (χ0v) is 12.1. The highest BCUT2D eigenvalue weighted by molar-refractivity contribution is 5.49. The Bertz CT molecular complexity index is 423. The van der Waals surface area contributed by atoms with Crippen LogP contribution in [-0.2, 0) is 0 Å². The Kier molecular flexibility index (Phi) is 4.77. The van der Waals surface area contributed by atoms with Gasteiger partial charge in [-0.1, -0.05) is 43.7 Å². The molecule has 1 N–H and O–H groups in total. The first-order valence-electron chi connectivity index (χ1n) is 6.49. The van der Waals surface area contributed by atoms with Crippen LogP contribution >= 0.6 is 0 Å². The standard InChI is InChI=1S/C17H25N/c1-13(2)11-12-17(5,6)15(4)18-16-9-7-14(3)8-10-16/h7-10,18H,1,4,11-12H2,2-3,5-6H3. The number of rotatable bonds is 6. The third-order valence-corrected chi connectivity index (χ3v) is 3.34. The van der Waals surface area contributed by atoms with E-state index >= 15 is 0 Å². The highest BCUT2D eigenvalue weighted by Crippen LogP contribution is 2.32. The average Bonchev–Trinajstić information content (AvgIpc) is 2.29. The maximum atomic E-state index is 4.18. The Morgan fingerprint density at radius 3 is 2.22 bits per heavy atom. The largest absolute Gasteiger partial charge is 0.359 e. The van der Waals surface area contributed by atoms with Gasteiger partial charge in [0, 0.05) is 16.8 Å². The van der Waals surface area contributed by atoms with Crippen LogP contribution in [0.1, 0.15) is 39.2 Å². The minimum Gasteiger partial charge on any atom is -0.359 e. The quantitative estimate of drug-likeness (QED) is 0.668. The van der Waals surface area contributed by atoms with E-state index in [1.807, 2.05) is 0 Å². The van der Waals surface area contributed by atoms with E-state index in [0.29, 0.717) is 0 Å². The minimum atomic E-state index is 0.0733. The van der Waals surface area contributed by atoms with Crippen molar-refractivity contribution >= 4 is 5.69 Å². The van der Waals surface area contributed by atoms with Crippen LogP contribution in [0, 0.1) is 12.3 Å². The van der Waals surface area contributed by atoms with Crippen molar-refractivity contribution in [2.45, 2.75) is 40.5 Å². The third-order valence-electron chi connectivity index (χ3n) is 3.34. The second-order valence-electron chi connectivity index (χ2n) is 5.81. The van der Waals surface area contributed by atoms with Crippen LogP contribution in [0.2, 0.25) is 0 Å². The van der Waals surface area contributed by atoms with Gasteiger partial charge in [0.05, 0.1) is 0 Å². The maximum absolute atomic E-state index is 4.18. The van der Waals surface area contributed by atoms with E-state index in [9.17, 15) is 0 Å². The van der Waals surface area contributed by atoms with Gasteiger partial charge in [0.15, 0.2) is 0 Å². The molecule has 1 heteroatoms. The zero-order valence-electron chi connectivity index (χ0n) is 12.1. The molecule has 1 aromatic carbocycles. The van der Waals surface area contributed by atoms with Crippen molar-refractivity contribution in [1.82, 2.24) is 0 Å². The molecule has 0 saturated carbocycles. The SMILES string of the molecule is C=C(C)CCC(C)(C)C(=C)Nc1ccc(C)cc1. The molecule has 0 aliphatic carbocycles. The molecule has 0 heterocycles. The number of hydrogen-bond donors (Lipinski definition) is 1. The van der Waals surface area contributed by atoms with Crippen LogP contribution in [-0.4, -0.2) is 0 Å². The summed E-state index contributed by atoms with van der Waals surface area (Å²) in [6.07, 6.45) is 2.11. The molecule has 1 nitrogen and oxygen atoms in total. The average molecular weight is 243 g/mol. The normalized spacial score (nSPS) is 11.1. The molecule has 0 spiro atoms. The summed E-state index contributed by atoms with van der Waals surface area (Å²) in [5.41, 5.74) is 4.74. The van der Waals surface area contributed by atoms with E-state index in [4.69, 9.17) is 0 Å². The summed E-state index contributed by atoms with van der Waals surface area (Å²) in [4.78, 5) is 0. The molecule has 18 heavy (non-hydrogen) atoms. The van der Waals surface area contributed by atoms with Gasteiger partial charge < -0.3 is 5.32 Å². The Morgan fingerprint density at radius 1 is 1.17 bits per heavy atom. The molecule has 0 amide bonds. The van der Waals surface area contributed by atoms with Gasteiger partial charge >= 0.3 is 0 Å². The second-order valence-corrected chi connectivity index (χ2v) is 5.81. The van der Waals surface area contributed by atoms with Crippen molar-refractivity contribution in [2.75, 3.05) is 5.32 Å². The number of nitrogens with one attached hydrogen (secondary N) is 1. The number of allylic oxidation sites excluding steroid dienone is 2. The molecule has 0 aliphatic rings. The Hall–Kier alpha value is -1.50. The zero-order chi connectivity index (χ0) is 13.8. The molecular weight excluding hydrogens is 218 g/mol. The molecule has 98 valence electrons. The number of aryl methyl sites for hydroxylation is 1. The molecule has 0 fully saturated rings. The van der Waals surface area contributed by atoms with Gasteiger partial charge in [-0.3, -0.25) is 0 Å². The van der Waals surface area contributed by atoms with E-state index in [0.717, 1.165) is 24.2 Å². The number of anilines is 1. The molecular formula is C17H25N. The van der Waals surface area contributed by atoms with Gasteiger partial charge in [-0.2, -0.15) is 0 Å². The lowest BCUT2D eigenvalue weighted by molar-refractivity contribution is 0.412. The van der Waals surface area contributed by atoms with E-state index in [1.165, 1.54) is 11.1 Å². The van der Waals surface area contributed by atoms with Crippen molar-refractivity contribution in [3.05, 3.63) is 54.3 Å². The molecule has 0 bridgehead atoms. The van der Waals surface area contributed by atoms with Crippen molar-refractivity contribution in [3.8, 4) is 0 Å². The maximum Gasteiger partial charge on any atom is 0.0381 e. The van der Waals surface area contributed by atoms with Gasteiger partial charge in [0.25, 0.3) is 0 Å². The summed E-state index contributed by atoms with van der Waals surface area (Å²) >= 11 is 0. The van der Waals surface area contributed by atoms with Crippen LogP contribution < -0.4 is 5.32 Å². The van der Waals surface area contributed by atoms with Crippen LogP contribution in [0.25, 0.3) is 0 Å². The molecule has 0 atom stereocenters. The minimum absolute atomic E-state index is 0.0733. The summed E-state index contributed by atoms with van der Waals surface area (Å²) in [6, 6.07) is 8.40. The van der Waals surface area contributed by atoms with E-state index in [1.54, 1.807) is 0 Å². The number of hydrogen-bond acceptors (Lipinski definition) is 1. The van der Waals surface area contributed by atoms with E-state index in [2.05, 4.69) is 70.4 Å².